The predicted molar refractivity (Wildman–Crippen MR) is 121 cm³/mol. The van der Waals surface area contributed by atoms with Gasteiger partial charge in [0.15, 0.2) is 17.5 Å². The third kappa shape index (κ3) is 6.37. The number of rotatable bonds is 8. The molecule has 7 heteroatoms. The molecular formula is C22H32N4O2S. The van der Waals surface area contributed by atoms with Crippen LogP contribution in [0, 0.1) is 5.92 Å². The molecule has 1 aromatic heterocycles. The molecule has 0 saturated carbocycles. The lowest BCUT2D eigenvalue weighted by Crippen LogP contribution is -2.42. The molecule has 1 atom stereocenters. The molecule has 2 heterocycles. The van der Waals surface area contributed by atoms with Crippen molar-refractivity contribution in [2.45, 2.75) is 26.3 Å². The Morgan fingerprint density at radius 1 is 1.31 bits per heavy atom. The van der Waals surface area contributed by atoms with E-state index in [1.807, 2.05) is 36.5 Å². The summed E-state index contributed by atoms with van der Waals surface area (Å²) in [5.74, 6) is 2.85. The average Bonchev–Trinajstić information content (AvgIpc) is 3.25. The molecule has 1 aliphatic rings. The second-order valence-electron chi connectivity index (χ2n) is 7.20. The van der Waals surface area contributed by atoms with Crippen molar-refractivity contribution in [2.75, 3.05) is 45.7 Å². The molecule has 6 nitrogen and oxygen atoms in total. The topological polar surface area (TPSA) is 58.1 Å². The van der Waals surface area contributed by atoms with Gasteiger partial charge < -0.3 is 20.1 Å². The standard InChI is InChI=1S/C22H32N4O2S/c1-4-28-21-13-18(9-10-20(21)27-3)25-22(23-2)24-14-17-7-5-11-26(15-17)16-19-8-6-12-29-19/h6,8-10,12-13,17H,4-5,7,11,14-16H2,1-3H3,(H2,23,24,25). The molecule has 1 saturated heterocycles. The molecule has 0 radical (unpaired) electrons. The summed E-state index contributed by atoms with van der Waals surface area (Å²) in [6.45, 7) is 6.84. The largest absolute Gasteiger partial charge is 0.493 e. The van der Waals surface area contributed by atoms with Crippen molar-refractivity contribution in [3.63, 3.8) is 0 Å². The molecule has 2 aromatic rings. The highest BCUT2D eigenvalue weighted by Crippen LogP contribution is 2.30. The Morgan fingerprint density at radius 2 is 2.21 bits per heavy atom. The van der Waals surface area contributed by atoms with Crippen LogP contribution >= 0.6 is 11.3 Å². The summed E-state index contributed by atoms with van der Waals surface area (Å²) in [5, 5.41) is 9.00. The van der Waals surface area contributed by atoms with Gasteiger partial charge >= 0.3 is 0 Å². The molecule has 29 heavy (non-hydrogen) atoms. The van der Waals surface area contributed by atoms with Gasteiger partial charge in [-0.3, -0.25) is 9.89 Å². The van der Waals surface area contributed by atoms with E-state index >= 15 is 0 Å². The average molecular weight is 417 g/mol. The zero-order chi connectivity index (χ0) is 20.5. The van der Waals surface area contributed by atoms with E-state index < -0.39 is 0 Å². The van der Waals surface area contributed by atoms with Crippen LogP contribution in [-0.4, -0.2) is 51.3 Å². The Labute approximate surface area is 177 Å². The lowest BCUT2D eigenvalue weighted by atomic mass is 9.98. The maximum atomic E-state index is 5.66. The highest BCUT2D eigenvalue weighted by Gasteiger charge is 2.20. The fourth-order valence-corrected chi connectivity index (χ4v) is 4.41. The van der Waals surface area contributed by atoms with E-state index in [1.165, 1.54) is 24.3 Å². The first-order valence-corrected chi connectivity index (χ1v) is 11.1. The molecule has 0 amide bonds. The fourth-order valence-electron chi connectivity index (χ4n) is 3.66. The zero-order valence-electron chi connectivity index (χ0n) is 17.6. The van der Waals surface area contributed by atoms with Gasteiger partial charge in [-0.05, 0) is 55.8 Å². The number of thiophene rings is 1. The molecule has 1 aliphatic heterocycles. The smallest absolute Gasteiger partial charge is 0.195 e. The molecule has 158 valence electrons. The first-order valence-electron chi connectivity index (χ1n) is 10.2. The van der Waals surface area contributed by atoms with Gasteiger partial charge in [-0.25, -0.2) is 0 Å². The van der Waals surface area contributed by atoms with E-state index in [1.54, 1.807) is 14.2 Å². The summed E-state index contributed by atoms with van der Waals surface area (Å²) >= 11 is 1.84. The van der Waals surface area contributed by atoms with Crippen molar-refractivity contribution < 1.29 is 9.47 Å². The zero-order valence-corrected chi connectivity index (χ0v) is 18.4. The third-order valence-electron chi connectivity index (χ3n) is 5.07. The number of nitrogens with one attached hydrogen (secondary N) is 2. The van der Waals surface area contributed by atoms with Crippen LogP contribution < -0.4 is 20.1 Å². The molecule has 0 aliphatic carbocycles. The van der Waals surface area contributed by atoms with E-state index in [2.05, 4.69) is 38.0 Å². The summed E-state index contributed by atoms with van der Waals surface area (Å²) in [5.41, 5.74) is 0.922. The highest BCUT2D eigenvalue weighted by atomic mass is 32.1. The fraction of sp³-hybridized carbons (Fsp3) is 0.500. The van der Waals surface area contributed by atoms with E-state index in [9.17, 15) is 0 Å². The van der Waals surface area contributed by atoms with Crippen LogP contribution in [-0.2, 0) is 6.54 Å². The minimum atomic E-state index is 0.594. The molecule has 2 N–H and O–H groups in total. The number of hydrogen-bond donors (Lipinski definition) is 2. The molecular weight excluding hydrogens is 384 g/mol. The first-order chi connectivity index (χ1) is 14.2. The van der Waals surface area contributed by atoms with Crippen LogP contribution in [0.5, 0.6) is 11.5 Å². The van der Waals surface area contributed by atoms with Gasteiger partial charge in [0.25, 0.3) is 0 Å². The number of piperidine rings is 1. The van der Waals surface area contributed by atoms with Crippen LogP contribution in [0.2, 0.25) is 0 Å². The monoisotopic (exact) mass is 416 g/mol. The van der Waals surface area contributed by atoms with E-state index in [-0.39, 0.29) is 0 Å². The van der Waals surface area contributed by atoms with Crippen LogP contribution in [0.4, 0.5) is 5.69 Å². The van der Waals surface area contributed by atoms with Crippen LogP contribution in [0.3, 0.4) is 0 Å². The van der Waals surface area contributed by atoms with E-state index in [4.69, 9.17) is 9.47 Å². The minimum absolute atomic E-state index is 0.594. The Morgan fingerprint density at radius 3 is 2.93 bits per heavy atom. The number of hydrogen-bond acceptors (Lipinski definition) is 5. The molecule has 3 rings (SSSR count). The van der Waals surface area contributed by atoms with Gasteiger partial charge in [-0.15, -0.1) is 11.3 Å². The van der Waals surface area contributed by atoms with Gasteiger partial charge in [-0.2, -0.15) is 0 Å². The van der Waals surface area contributed by atoms with Gasteiger partial charge in [0.05, 0.1) is 13.7 Å². The highest BCUT2D eigenvalue weighted by molar-refractivity contribution is 7.09. The molecule has 1 fully saturated rings. The summed E-state index contributed by atoms with van der Waals surface area (Å²) < 4.78 is 11.0. The number of benzene rings is 1. The Kier molecular flexibility index (Phi) is 8.19. The number of methoxy groups -OCH3 is 1. The van der Waals surface area contributed by atoms with Gasteiger partial charge in [-0.1, -0.05) is 6.07 Å². The van der Waals surface area contributed by atoms with Crippen LogP contribution in [0.15, 0.2) is 40.7 Å². The quantitative estimate of drug-likeness (QED) is 0.502. The maximum Gasteiger partial charge on any atom is 0.195 e. The first kappa shape index (κ1) is 21.5. The van der Waals surface area contributed by atoms with Crippen LogP contribution in [0.25, 0.3) is 0 Å². The molecule has 0 spiro atoms. The Bertz CT molecular complexity index is 779. The lowest BCUT2D eigenvalue weighted by molar-refractivity contribution is 0.170. The van der Waals surface area contributed by atoms with Crippen molar-refractivity contribution in [3.05, 3.63) is 40.6 Å². The number of likely N-dealkylation sites (tertiary alicyclic amines) is 1. The van der Waals surface area contributed by atoms with Crippen molar-refractivity contribution >= 4 is 23.0 Å². The molecule has 1 aromatic carbocycles. The Hall–Kier alpha value is -2.25. The number of nitrogens with zero attached hydrogens (tertiary/aromatic N) is 2. The lowest BCUT2D eigenvalue weighted by Gasteiger charge is -2.32. The third-order valence-corrected chi connectivity index (χ3v) is 5.93. The summed E-state index contributed by atoms with van der Waals surface area (Å²) in [6, 6.07) is 10.2. The summed E-state index contributed by atoms with van der Waals surface area (Å²) in [4.78, 5) is 8.39. The second kappa shape index (κ2) is 11.1. The van der Waals surface area contributed by atoms with E-state index in [0.717, 1.165) is 42.8 Å². The molecule has 0 bridgehead atoms. The van der Waals surface area contributed by atoms with Crippen molar-refractivity contribution in [1.82, 2.24) is 10.2 Å². The number of anilines is 1. The van der Waals surface area contributed by atoms with Gasteiger partial charge in [0.1, 0.15) is 0 Å². The van der Waals surface area contributed by atoms with Gasteiger partial charge in [0.2, 0.25) is 0 Å². The van der Waals surface area contributed by atoms with E-state index in [0.29, 0.717) is 12.5 Å². The Balaban J connectivity index is 1.52. The predicted octanol–water partition coefficient (Wildman–Crippen LogP) is 4.05. The summed E-state index contributed by atoms with van der Waals surface area (Å²) in [7, 11) is 3.45. The van der Waals surface area contributed by atoms with Gasteiger partial charge in [0, 0.05) is 43.3 Å². The normalized spacial score (nSPS) is 17.8. The van der Waals surface area contributed by atoms with Crippen molar-refractivity contribution in [2.24, 2.45) is 10.9 Å². The van der Waals surface area contributed by atoms with Crippen molar-refractivity contribution in [1.29, 1.82) is 0 Å². The number of aliphatic imine (C=N–C) groups is 1. The van der Waals surface area contributed by atoms with Crippen molar-refractivity contribution in [3.8, 4) is 11.5 Å². The number of guanidine groups is 1. The maximum absolute atomic E-state index is 5.66. The minimum Gasteiger partial charge on any atom is -0.493 e. The second-order valence-corrected chi connectivity index (χ2v) is 8.23. The SMILES string of the molecule is CCOc1cc(NC(=NC)NCC2CCCN(Cc3cccs3)C2)ccc1OC. The van der Waals surface area contributed by atoms with Crippen LogP contribution in [0.1, 0.15) is 24.6 Å². The molecule has 1 unspecified atom stereocenters. The summed E-state index contributed by atoms with van der Waals surface area (Å²) in [6.07, 6.45) is 2.50. The number of ether oxygens (including phenoxy) is 2.